The predicted octanol–water partition coefficient (Wildman–Crippen LogP) is 0.887. The first-order chi connectivity index (χ1) is 6.26. The first kappa shape index (κ1) is 12.7. The third kappa shape index (κ3) is 5.40. The molecule has 14 heavy (non-hydrogen) atoms. The van der Waals surface area contributed by atoms with Gasteiger partial charge >= 0.3 is 12.1 Å². The van der Waals surface area contributed by atoms with Crippen LogP contribution in [0.3, 0.4) is 0 Å². The molecule has 5 nitrogen and oxygen atoms in total. The largest absolute Gasteiger partial charge is 0.467 e. The van der Waals surface area contributed by atoms with Gasteiger partial charge in [-0.05, 0) is 27.7 Å². The highest BCUT2D eigenvalue weighted by molar-refractivity contribution is 5.81. The molecule has 0 aliphatic heterocycles. The number of nitrogens with one attached hydrogen (secondary N) is 1. The number of ether oxygens (including phenoxy) is 2. The van der Waals surface area contributed by atoms with E-state index >= 15 is 0 Å². The van der Waals surface area contributed by atoms with Crippen LogP contribution < -0.4 is 5.32 Å². The van der Waals surface area contributed by atoms with Crippen LogP contribution in [0.2, 0.25) is 0 Å². The Kier molecular flexibility index (Phi) is 4.40. The summed E-state index contributed by atoms with van der Waals surface area (Å²) in [5.41, 5.74) is -0.597. The van der Waals surface area contributed by atoms with E-state index in [-0.39, 0.29) is 0 Å². The summed E-state index contributed by atoms with van der Waals surface area (Å²) >= 11 is 0. The summed E-state index contributed by atoms with van der Waals surface area (Å²) in [6.45, 7) is 8.57. The Labute approximate surface area is 83.8 Å². The molecule has 0 aromatic carbocycles. The Morgan fingerprint density at radius 3 is 2.21 bits per heavy atom. The fraction of sp³-hybridized carbons (Fsp3) is 0.667. The van der Waals surface area contributed by atoms with Crippen molar-refractivity contribution in [2.24, 2.45) is 0 Å². The minimum Gasteiger partial charge on any atom is -0.467 e. The molecule has 81 valence electrons. The fourth-order valence-electron chi connectivity index (χ4n) is 0.651. The number of amides is 1. The highest BCUT2D eigenvalue weighted by atomic mass is 16.6. The molecule has 0 rings (SSSR count). The maximum Gasteiger partial charge on any atom is 0.408 e. The van der Waals surface area contributed by atoms with E-state index in [2.05, 4.69) is 17.0 Å². The lowest BCUT2D eigenvalue weighted by Gasteiger charge is -2.21. The van der Waals surface area contributed by atoms with Gasteiger partial charge in [0, 0.05) is 0 Å². The molecule has 5 heteroatoms. The van der Waals surface area contributed by atoms with Crippen LogP contribution in [0.5, 0.6) is 0 Å². The molecule has 1 atom stereocenters. The molecule has 0 unspecified atom stereocenters. The molecule has 0 saturated heterocycles. The van der Waals surface area contributed by atoms with Gasteiger partial charge in [-0.25, -0.2) is 9.59 Å². The van der Waals surface area contributed by atoms with Gasteiger partial charge < -0.3 is 14.8 Å². The van der Waals surface area contributed by atoms with Crippen LogP contribution in [0.15, 0.2) is 0 Å². The number of alkyl carbamates (subject to hydrolysis) is 1. The van der Waals surface area contributed by atoms with E-state index in [9.17, 15) is 9.59 Å². The summed E-state index contributed by atoms with van der Waals surface area (Å²) in [6, 6.07) is -0.949. The van der Waals surface area contributed by atoms with Gasteiger partial charge in [0.2, 0.25) is 0 Å². The van der Waals surface area contributed by atoms with Gasteiger partial charge in [-0.1, -0.05) is 0 Å². The summed E-state index contributed by atoms with van der Waals surface area (Å²) in [7, 11) is 1.22. The molecule has 1 radical (unpaired) electrons. The van der Waals surface area contributed by atoms with Gasteiger partial charge in [0.15, 0.2) is 0 Å². The van der Waals surface area contributed by atoms with E-state index in [0.717, 1.165) is 0 Å². The van der Waals surface area contributed by atoms with E-state index in [1.165, 1.54) is 7.11 Å². The predicted molar refractivity (Wildman–Crippen MR) is 50.5 cm³/mol. The van der Waals surface area contributed by atoms with Gasteiger partial charge in [0.1, 0.15) is 11.6 Å². The number of esters is 1. The molecule has 0 bridgehead atoms. The number of hydrogen-bond donors (Lipinski definition) is 1. The van der Waals surface area contributed by atoms with Crippen LogP contribution in [0.4, 0.5) is 4.79 Å². The Hall–Kier alpha value is -1.26. The standard InChI is InChI=1S/C9H16NO4/c1-6(7(11)13-5)10-8(12)14-9(2,3)4/h6H,1H2,2-5H3,(H,10,12)/t6-/m1/s1. The molecule has 0 aliphatic carbocycles. The second kappa shape index (κ2) is 4.83. The topological polar surface area (TPSA) is 64.6 Å². The third-order valence-electron chi connectivity index (χ3n) is 1.18. The Morgan fingerprint density at radius 2 is 1.86 bits per heavy atom. The van der Waals surface area contributed by atoms with Gasteiger partial charge in [-0.3, -0.25) is 0 Å². The zero-order valence-corrected chi connectivity index (χ0v) is 8.92. The molecule has 1 amide bonds. The Balaban J connectivity index is 4.01. The highest BCUT2D eigenvalue weighted by Crippen LogP contribution is 2.06. The first-order valence-corrected chi connectivity index (χ1v) is 4.16. The van der Waals surface area contributed by atoms with E-state index in [4.69, 9.17) is 4.74 Å². The smallest absolute Gasteiger partial charge is 0.408 e. The van der Waals surface area contributed by atoms with E-state index in [1.807, 2.05) is 0 Å². The second-order valence-electron chi connectivity index (χ2n) is 3.72. The number of carbonyl (C=O) groups is 2. The van der Waals surface area contributed by atoms with Crippen LogP contribution in [0.25, 0.3) is 0 Å². The van der Waals surface area contributed by atoms with Gasteiger partial charge in [-0.15, -0.1) is 0 Å². The van der Waals surface area contributed by atoms with Crippen molar-refractivity contribution in [1.29, 1.82) is 0 Å². The summed E-state index contributed by atoms with van der Waals surface area (Å²) in [4.78, 5) is 22.0. The minimum atomic E-state index is -0.949. The van der Waals surface area contributed by atoms with Crippen LogP contribution in [-0.4, -0.2) is 30.8 Å². The van der Waals surface area contributed by atoms with Crippen LogP contribution in [0, 0.1) is 6.92 Å². The summed E-state index contributed by atoms with van der Waals surface area (Å²) < 4.78 is 9.28. The summed E-state index contributed by atoms with van der Waals surface area (Å²) in [6.07, 6.45) is -0.692. The molecule has 0 spiro atoms. The van der Waals surface area contributed by atoms with Crippen molar-refractivity contribution in [3.8, 4) is 0 Å². The third-order valence-corrected chi connectivity index (χ3v) is 1.18. The Bertz CT molecular complexity index is 219. The van der Waals surface area contributed by atoms with Crippen molar-refractivity contribution in [2.75, 3.05) is 7.11 Å². The molecule has 0 aromatic rings. The maximum absolute atomic E-state index is 11.1. The highest BCUT2D eigenvalue weighted by Gasteiger charge is 2.21. The monoisotopic (exact) mass is 202 g/mol. The Morgan fingerprint density at radius 1 is 1.36 bits per heavy atom. The maximum atomic E-state index is 11.1. The normalized spacial score (nSPS) is 12.9. The first-order valence-electron chi connectivity index (χ1n) is 4.16. The fourth-order valence-corrected chi connectivity index (χ4v) is 0.651. The minimum absolute atomic E-state index is 0.597. The van der Waals surface area contributed by atoms with Gasteiger partial charge in [-0.2, -0.15) is 0 Å². The van der Waals surface area contributed by atoms with Crippen LogP contribution in [0.1, 0.15) is 20.8 Å². The lowest BCUT2D eigenvalue weighted by atomic mass is 10.2. The zero-order valence-electron chi connectivity index (χ0n) is 8.92. The molecular weight excluding hydrogens is 186 g/mol. The molecule has 0 fully saturated rings. The van der Waals surface area contributed by atoms with Crippen molar-refractivity contribution in [3.63, 3.8) is 0 Å². The molecule has 0 aliphatic rings. The molecule has 1 N–H and O–H groups in total. The van der Waals surface area contributed by atoms with Crippen molar-refractivity contribution in [1.82, 2.24) is 5.32 Å². The van der Waals surface area contributed by atoms with Gasteiger partial charge in [0.05, 0.1) is 7.11 Å². The molecular formula is C9H16NO4. The lowest BCUT2D eigenvalue weighted by molar-refractivity contribution is -0.141. The number of carbonyl (C=O) groups excluding carboxylic acids is 2. The lowest BCUT2D eigenvalue weighted by Crippen LogP contribution is -2.42. The van der Waals surface area contributed by atoms with Crippen molar-refractivity contribution in [2.45, 2.75) is 32.4 Å². The summed E-state index contributed by atoms with van der Waals surface area (Å²) in [5, 5.41) is 2.24. The average molecular weight is 202 g/mol. The number of hydrogen-bond acceptors (Lipinski definition) is 4. The van der Waals surface area contributed by atoms with Crippen LogP contribution in [-0.2, 0) is 14.3 Å². The zero-order chi connectivity index (χ0) is 11.4. The quantitative estimate of drug-likeness (QED) is 0.675. The average Bonchev–Trinajstić information content (AvgIpc) is 1.99. The second-order valence-corrected chi connectivity index (χ2v) is 3.72. The van der Waals surface area contributed by atoms with Crippen molar-refractivity contribution in [3.05, 3.63) is 6.92 Å². The van der Waals surface area contributed by atoms with Crippen LogP contribution >= 0.6 is 0 Å². The molecule has 0 aromatic heterocycles. The number of rotatable bonds is 2. The van der Waals surface area contributed by atoms with Crippen molar-refractivity contribution >= 4 is 12.1 Å². The van der Waals surface area contributed by atoms with E-state index in [1.54, 1.807) is 20.8 Å². The SMILES string of the molecule is [CH2][C@@H](NC(=O)OC(C)(C)C)C(=O)OC. The van der Waals surface area contributed by atoms with E-state index < -0.39 is 23.7 Å². The number of methoxy groups -OCH3 is 1. The van der Waals surface area contributed by atoms with Gasteiger partial charge in [0.25, 0.3) is 0 Å². The van der Waals surface area contributed by atoms with E-state index in [0.29, 0.717) is 0 Å². The molecule has 0 heterocycles. The van der Waals surface area contributed by atoms with Crippen molar-refractivity contribution < 1.29 is 19.1 Å². The molecule has 0 saturated carbocycles. The summed E-state index contributed by atoms with van der Waals surface area (Å²) in [5.74, 6) is -0.615.